The third-order valence-corrected chi connectivity index (χ3v) is 2.25. The number of nitrogens with zero attached hydrogens (tertiary/aromatic N) is 1. The van der Waals surface area contributed by atoms with Crippen molar-refractivity contribution in [3.8, 4) is 17.6 Å². The van der Waals surface area contributed by atoms with Gasteiger partial charge in [-0.15, -0.1) is 0 Å². The molecule has 0 aromatic heterocycles. The van der Waals surface area contributed by atoms with E-state index in [0.717, 1.165) is 6.08 Å². The summed E-state index contributed by atoms with van der Waals surface area (Å²) in [6.07, 6.45) is 0.997. The van der Waals surface area contributed by atoms with Crippen molar-refractivity contribution in [1.82, 2.24) is 0 Å². The lowest BCUT2D eigenvalue weighted by molar-refractivity contribution is -0.138. The number of phenols is 2. The fourth-order valence-corrected chi connectivity index (χ4v) is 1.33. The molecule has 0 atom stereocenters. The summed E-state index contributed by atoms with van der Waals surface area (Å²) in [6.45, 7) is 4.03. The van der Waals surface area contributed by atoms with Crippen LogP contribution in [0.1, 0.15) is 19.4 Å². The van der Waals surface area contributed by atoms with Crippen LogP contribution < -0.4 is 0 Å². The van der Waals surface area contributed by atoms with E-state index in [4.69, 9.17) is 10.00 Å². The van der Waals surface area contributed by atoms with Gasteiger partial charge in [0.1, 0.15) is 6.07 Å². The minimum absolute atomic E-state index is 0.0674. The van der Waals surface area contributed by atoms with E-state index in [0.29, 0.717) is 0 Å². The van der Waals surface area contributed by atoms with Crippen molar-refractivity contribution in [2.45, 2.75) is 13.8 Å². The first-order valence-corrected chi connectivity index (χ1v) is 5.75. The Labute approximate surface area is 111 Å². The van der Waals surface area contributed by atoms with E-state index >= 15 is 0 Å². The van der Waals surface area contributed by atoms with Crippen LogP contribution >= 0.6 is 0 Å². The molecule has 5 heteroatoms. The maximum absolute atomic E-state index is 11.5. The number of hydrogen-bond donors (Lipinski definition) is 2. The highest BCUT2D eigenvalue weighted by atomic mass is 16.5. The van der Waals surface area contributed by atoms with Crippen molar-refractivity contribution in [3.63, 3.8) is 0 Å². The number of aromatic hydroxyl groups is 2. The molecule has 0 saturated heterocycles. The van der Waals surface area contributed by atoms with Crippen LogP contribution in [0.25, 0.3) is 5.57 Å². The van der Waals surface area contributed by atoms with E-state index in [-0.39, 0.29) is 29.4 Å². The molecule has 5 nitrogen and oxygen atoms in total. The Bertz CT molecular complexity index is 541. The van der Waals surface area contributed by atoms with Crippen molar-refractivity contribution in [3.05, 3.63) is 29.8 Å². The number of carbonyl (C=O) groups excluding carboxylic acids is 1. The zero-order chi connectivity index (χ0) is 14.4. The zero-order valence-corrected chi connectivity index (χ0v) is 10.8. The van der Waals surface area contributed by atoms with Crippen molar-refractivity contribution in [2.75, 3.05) is 6.61 Å². The molecule has 1 aromatic carbocycles. The normalized spacial score (nSPS) is 11.2. The predicted octanol–water partition coefficient (Wildman–Crippen LogP) is 2.20. The predicted molar refractivity (Wildman–Crippen MR) is 69.2 cm³/mol. The first-order valence-electron chi connectivity index (χ1n) is 5.75. The van der Waals surface area contributed by atoms with Crippen molar-refractivity contribution in [1.29, 1.82) is 5.26 Å². The number of phenolic OH excluding ortho intramolecular Hbond substituents is 2. The van der Waals surface area contributed by atoms with Crippen LogP contribution in [-0.2, 0) is 9.53 Å². The Balaban J connectivity index is 2.98. The van der Waals surface area contributed by atoms with E-state index in [1.165, 1.54) is 18.2 Å². The molecule has 0 aliphatic heterocycles. The van der Waals surface area contributed by atoms with Crippen LogP contribution in [0, 0.1) is 17.2 Å². The number of nitriles is 1. The van der Waals surface area contributed by atoms with E-state index < -0.39 is 11.7 Å². The number of rotatable bonds is 4. The monoisotopic (exact) mass is 261 g/mol. The van der Waals surface area contributed by atoms with Gasteiger partial charge < -0.3 is 14.9 Å². The Morgan fingerprint density at radius 2 is 2.16 bits per heavy atom. The Kier molecular flexibility index (Phi) is 4.95. The van der Waals surface area contributed by atoms with Gasteiger partial charge in [-0.3, -0.25) is 0 Å². The zero-order valence-electron chi connectivity index (χ0n) is 10.8. The molecule has 0 heterocycles. The van der Waals surface area contributed by atoms with Gasteiger partial charge in [-0.05, 0) is 18.1 Å². The average molecular weight is 261 g/mol. The van der Waals surface area contributed by atoms with Crippen LogP contribution in [0.3, 0.4) is 0 Å². The van der Waals surface area contributed by atoms with Crippen molar-refractivity contribution in [2.24, 2.45) is 5.92 Å². The van der Waals surface area contributed by atoms with Gasteiger partial charge in [0.2, 0.25) is 0 Å². The van der Waals surface area contributed by atoms with Crippen LogP contribution in [0.2, 0.25) is 0 Å². The standard InChI is InChI=1S/C14H15NO4/c1-9(2)8-19-13(17)6-10(7-15)11-4-3-5-12(16)14(11)18/h3-6,9,16,18H,8H2,1-2H3. The summed E-state index contributed by atoms with van der Waals surface area (Å²) < 4.78 is 4.92. The maximum atomic E-state index is 11.5. The summed E-state index contributed by atoms with van der Waals surface area (Å²) in [6, 6.07) is 5.97. The molecule has 1 rings (SSSR count). The number of hydrogen-bond acceptors (Lipinski definition) is 5. The summed E-state index contributed by atoms with van der Waals surface area (Å²) in [5.41, 5.74) is 0.0196. The van der Waals surface area contributed by atoms with Gasteiger partial charge >= 0.3 is 5.97 Å². The molecule has 0 fully saturated rings. The minimum atomic E-state index is -0.659. The van der Waals surface area contributed by atoms with Crippen molar-refractivity contribution < 1.29 is 19.7 Å². The minimum Gasteiger partial charge on any atom is -0.504 e. The summed E-state index contributed by atoms with van der Waals surface area (Å²) in [5.74, 6) is -1.26. The second-order valence-electron chi connectivity index (χ2n) is 4.37. The third kappa shape index (κ3) is 4.03. The second kappa shape index (κ2) is 6.45. The van der Waals surface area contributed by atoms with Crippen LogP contribution in [-0.4, -0.2) is 22.8 Å². The average Bonchev–Trinajstić information content (AvgIpc) is 2.37. The number of ether oxygens (including phenoxy) is 1. The number of benzene rings is 1. The topological polar surface area (TPSA) is 90.6 Å². The molecule has 0 aliphatic carbocycles. The molecular weight excluding hydrogens is 246 g/mol. The first kappa shape index (κ1) is 14.6. The fourth-order valence-electron chi connectivity index (χ4n) is 1.33. The smallest absolute Gasteiger partial charge is 0.332 e. The number of carbonyl (C=O) groups is 1. The lowest BCUT2D eigenvalue weighted by Crippen LogP contribution is -2.07. The van der Waals surface area contributed by atoms with Crippen molar-refractivity contribution >= 4 is 11.5 Å². The van der Waals surface area contributed by atoms with Gasteiger partial charge in [-0.25, -0.2) is 4.79 Å². The quantitative estimate of drug-likeness (QED) is 0.375. The fraction of sp³-hybridized carbons (Fsp3) is 0.286. The molecule has 2 N–H and O–H groups in total. The van der Waals surface area contributed by atoms with Gasteiger partial charge in [0.25, 0.3) is 0 Å². The summed E-state index contributed by atoms with van der Waals surface area (Å²) in [4.78, 5) is 11.5. The van der Waals surface area contributed by atoms with E-state index in [2.05, 4.69) is 0 Å². The molecule has 0 radical (unpaired) electrons. The summed E-state index contributed by atoms with van der Waals surface area (Å²) >= 11 is 0. The van der Waals surface area contributed by atoms with Crippen LogP contribution in [0.15, 0.2) is 24.3 Å². The molecule has 0 saturated carbocycles. The lowest BCUT2D eigenvalue weighted by atomic mass is 10.1. The SMILES string of the molecule is CC(C)COC(=O)C=C(C#N)c1cccc(O)c1O. The molecule has 0 unspecified atom stereocenters. The van der Waals surface area contributed by atoms with Gasteiger partial charge in [0.15, 0.2) is 11.5 Å². The Morgan fingerprint density at radius 1 is 1.47 bits per heavy atom. The number of allylic oxidation sites excluding steroid dienone is 1. The molecule has 19 heavy (non-hydrogen) atoms. The van der Waals surface area contributed by atoms with Crippen LogP contribution in [0.5, 0.6) is 11.5 Å². The van der Waals surface area contributed by atoms with Gasteiger partial charge in [-0.2, -0.15) is 5.26 Å². The first-order chi connectivity index (χ1) is 8.95. The Hall–Kier alpha value is -2.48. The highest BCUT2D eigenvalue weighted by Gasteiger charge is 2.12. The number of para-hydroxylation sites is 1. The highest BCUT2D eigenvalue weighted by Crippen LogP contribution is 2.32. The lowest BCUT2D eigenvalue weighted by Gasteiger charge is -2.06. The molecule has 1 aromatic rings. The molecule has 0 spiro atoms. The maximum Gasteiger partial charge on any atom is 0.332 e. The van der Waals surface area contributed by atoms with E-state index in [1.54, 1.807) is 6.07 Å². The molecule has 0 amide bonds. The summed E-state index contributed by atoms with van der Waals surface area (Å²) in [7, 11) is 0. The Morgan fingerprint density at radius 3 is 2.74 bits per heavy atom. The molecule has 100 valence electrons. The van der Waals surface area contributed by atoms with Gasteiger partial charge in [0.05, 0.1) is 12.2 Å². The largest absolute Gasteiger partial charge is 0.504 e. The third-order valence-electron chi connectivity index (χ3n) is 2.25. The van der Waals surface area contributed by atoms with E-state index in [1.807, 2.05) is 13.8 Å². The summed E-state index contributed by atoms with van der Waals surface area (Å²) in [5, 5.41) is 28.0. The van der Waals surface area contributed by atoms with Gasteiger partial charge in [0, 0.05) is 11.6 Å². The number of esters is 1. The molecular formula is C14H15NO4. The highest BCUT2D eigenvalue weighted by molar-refractivity contribution is 5.96. The molecule has 0 bridgehead atoms. The van der Waals surface area contributed by atoms with Gasteiger partial charge in [-0.1, -0.05) is 19.9 Å². The second-order valence-corrected chi connectivity index (χ2v) is 4.37. The van der Waals surface area contributed by atoms with Crippen LogP contribution in [0.4, 0.5) is 0 Å². The van der Waals surface area contributed by atoms with E-state index in [9.17, 15) is 15.0 Å². The molecule has 0 aliphatic rings.